The van der Waals surface area contributed by atoms with E-state index in [1.54, 1.807) is 0 Å². The minimum absolute atomic E-state index is 0. The summed E-state index contributed by atoms with van der Waals surface area (Å²) in [5.41, 5.74) is 0. The first-order valence-electron chi connectivity index (χ1n) is 1.84. The van der Waals surface area contributed by atoms with Gasteiger partial charge in [-0.3, -0.25) is 0 Å². The van der Waals surface area contributed by atoms with Gasteiger partial charge < -0.3 is 43.1 Å². The summed E-state index contributed by atoms with van der Waals surface area (Å²) in [6, 6.07) is 0. The maximum absolute atomic E-state index is 8.52. The molecular formula is H3O9P3Sm2. The van der Waals surface area contributed by atoms with E-state index < -0.39 is 24.8 Å². The fourth-order valence-corrected chi connectivity index (χ4v) is 0. The minimum Gasteiger partial charge on any atom is -0.813 e. The predicted molar refractivity (Wildman–Crippen MR) is 27.0 cm³/mol. The van der Waals surface area contributed by atoms with Gasteiger partial charge in [0.05, 0.1) is 0 Å². The third-order valence-electron chi connectivity index (χ3n) is 0. The van der Waals surface area contributed by atoms with E-state index in [1.807, 2.05) is 0 Å². The summed E-state index contributed by atoms with van der Waals surface area (Å²) >= 11 is 0. The molecule has 0 aliphatic carbocycles. The van der Waals surface area contributed by atoms with Crippen molar-refractivity contribution in [1.29, 1.82) is 0 Å². The van der Waals surface area contributed by atoms with Crippen molar-refractivity contribution in [1.82, 2.24) is 0 Å². The molecular weight excluding hydrogens is 538 g/mol. The Hall–Kier alpha value is 3.13. The molecule has 0 aromatic rings. The molecule has 0 aliphatic heterocycles. The summed E-state index contributed by atoms with van der Waals surface area (Å²) in [4.78, 5) is 51.1. The normalized spacial score (nSPS) is 7.50. The number of rotatable bonds is 0. The molecule has 0 saturated heterocycles. The summed E-state index contributed by atoms with van der Waals surface area (Å²) in [6.45, 7) is 0. The van der Waals surface area contributed by atoms with Crippen LogP contribution in [0.4, 0.5) is 0 Å². The SMILES string of the molecule is O=[PH]([O-])[O-].O=[PH]([O-])[O-].O=[PH]([O-])[O-].[Sm+3].[Sm+3]. The van der Waals surface area contributed by atoms with Gasteiger partial charge in [0, 0.05) is 0 Å². The molecule has 0 atom stereocenters. The topological polar surface area (TPSA) is 190 Å². The third kappa shape index (κ3) is 309. The van der Waals surface area contributed by atoms with Crippen molar-refractivity contribution in [3.05, 3.63) is 0 Å². The number of hydrogen-bond donors (Lipinski definition) is 0. The van der Waals surface area contributed by atoms with Crippen LogP contribution in [-0.4, -0.2) is 0 Å². The fourth-order valence-electron chi connectivity index (χ4n) is 0. The summed E-state index contributed by atoms with van der Waals surface area (Å²) in [6.07, 6.45) is 0. The molecule has 0 heterocycles. The first-order valence-corrected chi connectivity index (χ1v) is 5.51. The van der Waals surface area contributed by atoms with Crippen LogP contribution in [0.5, 0.6) is 0 Å². The standard InChI is InChI=1S/3H3O3P.2Sm/c3*1-4(2)3;;/h3*4H,(H2,1,2,3);;/q;;;2*+3/p-6. The van der Waals surface area contributed by atoms with Crippen molar-refractivity contribution in [2.24, 2.45) is 0 Å². The van der Waals surface area contributed by atoms with Gasteiger partial charge in [0.15, 0.2) is 0 Å². The van der Waals surface area contributed by atoms with Crippen LogP contribution in [-0.2, 0) is 13.7 Å². The molecule has 0 amide bonds. The Morgan fingerprint density at radius 3 is 0.500 bits per heavy atom. The van der Waals surface area contributed by atoms with Crippen LogP contribution < -0.4 is 29.4 Å². The second kappa shape index (κ2) is 25.1. The van der Waals surface area contributed by atoms with Gasteiger partial charge in [-0.1, -0.05) is 24.8 Å². The van der Waals surface area contributed by atoms with E-state index >= 15 is 0 Å². The van der Waals surface area contributed by atoms with E-state index in [4.69, 9.17) is 43.1 Å². The molecule has 9 nitrogen and oxygen atoms in total. The van der Waals surface area contributed by atoms with Crippen molar-refractivity contribution < 1.29 is 124 Å². The fraction of sp³-hybridized carbons (Fsp3) is 0. The molecule has 0 spiro atoms. The Morgan fingerprint density at radius 1 is 0.500 bits per heavy atom. The Balaban J connectivity index is -0.0000000270. The molecule has 0 N–H and O–H groups in total. The van der Waals surface area contributed by atoms with Crippen molar-refractivity contribution in [3.63, 3.8) is 0 Å². The Bertz CT molecular complexity index is 116. The van der Waals surface area contributed by atoms with Crippen LogP contribution in [0.1, 0.15) is 0 Å². The van der Waals surface area contributed by atoms with Crippen molar-refractivity contribution in [3.8, 4) is 0 Å². The Morgan fingerprint density at radius 2 is 0.500 bits per heavy atom. The largest absolute Gasteiger partial charge is 3.00 e. The van der Waals surface area contributed by atoms with E-state index in [9.17, 15) is 0 Å². The second-order valence-corrected chi connectivity index (χ2v) is 2.25. The predicted octanol–water partition coefficient (Wildman–Crippen LogP) is -5.71. The van der Waals surface area contributed by atoms with Gasteiger partial charge in [0.25, 0.3) is 0 Å². The van der Waals surface area contributed by atoms with Crippen molar-refractivity contribution >= 4 is 24.8 Å². The monoisotopic (exact) mass is 544 g/mol. The quantitative estimate of drug-likeness (QED) is 0.270. The van der Waals surface area contributed by atoms with Gasteiger partial charge in [-0.2, -0.15) is 0 Å². The van der Waals surface area contributed by atoms with E-state index in [0.29, 0.717) is 0 Å². The summed E-state index contributed by atoms with van der Waals surface area (Å²) in [7, 11) is -10.9. The summed E-state index contributed by atoms with van der Waals surface area (Å²) < 4.78 is 25.6. The molecule has 0 saturated carbocycles. The molecule has 0 rings (SSSR count). The van der Waals surface area contributed by atoms with E-state index in [-0.39, 0.29) is 80.8 Å². The van der Waals surface area contributed by atoms with Gasteiger partial charge in [-0.05, 0) is 0 Å². The molecule has 14 heteroatoms. The smallest absolute Gasteiger partial charge is 0.813 e. The van der Waals surface area contributed by atoms with Crippen LogP contribution >= 0.6 is 24.8 Å². The van der Waals surface area contributed by atoms with Gasteiger partial charge in [-0.15, -0.1) is 0 Å². The van der Waals surface area contributed by atoms with Crippen LogP contribution in [0.15, 0.2) is 0 Å². The van der Waals surface area contributed by atoms with Crippen molar-refractivity contribution in [2.45, 2.75) is 0 Å². The van der Waals surface area contributed by atoms with Gasteiger partial charge >= 0.3 is 80.8 Å². The zero-order valence-corrected chi connectivity index (χ0v) is 14.2. The maximum Gasteiger partial charge on any atom is 3.00 e. The molecule has 0 fully saturated rings. The van der Waals surface area contributed by atoms with Crippen LogP contribution in [0, 0.1) is 80.8 Å². The number of hydrogen-bond acceptors (Lipinski definition) is 9. The van der Waals surface area contributed by atoms with Crippen LogP contribution in [0.3, 0.4) is 0 Å². The molecule has 0 aromatic heterocycles. The van der Waals surface area contributed by atoms with Crippen molar-refractivity contribution in [2.75, 3.05) is 0 Å². The molecule has 0 aromatic carbocycles. The summed E-state index contributed by atoms with van der Waals surface area (Å²) in [5.74, 6) is 0. The Kier molecular flexibility index (Phi) is 54.3. The van der Waals surface area contributed by atoms with Crippen LogP contribution in [0.25, 0.3) is 0 Å². The Labute approximate surface area is 146 Å². The zero-order chi connectivity index (χ0) is 10.7. The zero-order valence-electron chi connectivity index (χ0n) is 5.99. The first kappa shape index (κ1) is 30.3. The average molecular weight is 541 g/mol. The van der Waals surface area contributed by atoms with E-state index in [1.165, 1.54) is 0 Å². The molecule has 0 unspecified atom stereocenters. The van der Waals surface area contributed by atoms with Gasteiger partial charge in [0.2, 0.25) is 0 Å². The minimum atomic E-state index is -3.63. The molecule has 2 radical (unpaired) electrons. The van der Waals surface area contributed by atoms with E-state index in [2.05, 4.69) is 0 Å². The molecule has 0 bridgehead atoms. The molecule has 84 valence electrons. The van der Waals surface area contributed by atoms with Gasteiger partial charge in [0.1, 0.15) is 0 Å². The maximum atomic E-state index is 8.52. The first-order chi connectivity index (χ1) is 5.20. The van der Waals surface area contributed by atoms with Gasteiger partial charge in [-0.25, -0.2) is 0 Å². The van der Waals surface area contributed by atoms with E-state index in [0.717, 1.165) is 0 Å². The summed E-state index contributed by atoms with van der Waals surface area (Å²) in [5, 5.41) is 0. The average Bonchev–Trinajstić information content (AvgIpc) is 1.54. The molecule has 0 aliphatic rings. The third-order valence-corrected chi connectivity index (χ3v) is 0. The second-order valence-electron chi connectivity index (χ2n) is 0.750. The van der Waals surface area contributed by atoms with Crippen LogP contribution in [0.2, 0.25) is 0 Å². The molecule has 14 heavy (non-hydrogen) atoms.